The van der Waals surface area contributed by atoms with Crippen LogP contribution in [0.4, 0.5) is 0 Å². The Hall–Kier alpha value is -2.34. The Morgan fingerprint density at radius 3 is 2.57 bits per heavy atom. The van der Waals surface area contributed by atoms with Crippen LogP contribution < -0.4 is 15.0 Å². The van der Waals surface area contributed by atoms with Gasteiger partial charge in [0.2, 0.25) is 0 Å². The lowest BCUT2D eigenvalue weighted by atomic mass is 10.1. The van der Waals surface area contributed by atoms with Crippen LogP contribution in [0.3, 0.4) is 0 Å². The summed E-state index contributed by atoms with van der Waals surface area (Å²) in [5.41, 5.74) is 1.10. The molecule has 2 aromatic rings. The van der Waals surface area contributed by atoms with Gasteiger partial charge in [0.05, 0.1) is 33.2 Å². The fraction of sp³-hybridized carbons (Fsp3) is 0.333. The molecule has 0 fully saturated rings. The molecule has 0 saturated heterocycles. The Morgan fingerprint density at radius 2 is 1.95 bits per heavy atom. The van der Waals surface area contributed by atoms with Crippen molar-refractivity contribution in [1.82, 2.24) is 9.55 Å². The molecule has 21 heavy (non-hydrogen) atoms. The Balaban J connectivity index is 2.24. The standard InChI is InChI=1S/C15H18N2O4/c1-10-6-15(19)17(9-16-10)8-12(18)11-4-5-13(20-2)14(7-11)21-3/h4-7,9,12,18H,8H2,1-3H3. The average Bonchev–Trinajstić information content (AvgIpc) is 2.49. The van der Waals surface area contributed by atoms with Crippen LogP contribution in [0.1, 0.15) is 17.4 Å². The molecule has 0 bridgehead atoms. The summed E-state index contributed by atoms with van der Waals surface area (Å²) >= 11 is 0. The van der Waals surface area contributed by atoms with Crippen LogP contribution in [0, 0.1) is 6.92 Å². The molecule has 6 nitrogen and oxygen atoms in total. The predicted molar refractivity (Wildman–Crippen MR) is 77.7 cm³/mol. The van der Waals surface area contributed by atoms with E-state index in [1.165, 1.54) is 24.1 Å². The van der Waals surface area contributed by atoms with Gasteiger partial charge in [0.25, 0.3) is 5.56 Å². The van der Waals surface area contributed by atoms with E-state index in [1.54, 1.807) is 32.2 Å². The maximum Gasteiger partial charge on any atom is 0.253 e. The van der Waals surface area contributed by atoms with Crippen LogP contribution in [0.25, 0.3) is 0 Å². The molecule has 2 rings (SSSR count). The summed E-state index contributed by atoms with van der Waals surface area (Å²) in [4.78, 5) is 15.9. The number of aryl methyl sites for hydroxylation is 1. The molecule has 0 spiro atoms. The van der Waals surface area contributed by atoms with Gasteiger partial charge in [-0.05, 0) is 24.6 Å². The van der Waals surface area contributed by atoms with Gasteiger partial charge in [0.1, 0.15) is 0 Å². The summed E-state index contributed by atoms with van der Waals surface area (Å²) in [5.74, 6) is 1.12. The molecule has 0 saturated carbocycles. The number of methoxy groups -OCH3 is 2. The zero-order valence-corrected chi connectivity index (χ0v) is 12.2. The topological polar surface area (TPSA) is 73.6 Å². The number of aliphatic hydroxyl groups is 1. The molecule has 0 amide bonds. The van der Waals surface area contributed by atoms with E-state index >= 15 is 0 Å². The van der Waals surface area contributed by atoms with Crippen molar-refractivity contribution in [2.45, 2.75) is 19.6 Å². The second-order valence-electron chi connectivity index (χ2n) is 4.65. The van der Waals surface area contributed by atoms with Gasteiger partial charge in [0, 0.05) is 11.8 Å². The third-order valence-electron chi connectivity index (χ3n) is 3.18. The van der Waals surface area contributed by atoms with E-state index in [4.69, 9.17) is 9.47 Å². The Bertz CT molecular complexity index is 682. The van der Waals surface area contributed by atoms with E-state index in [1.807, 2.05) is 0 Å². The molecule has 1 N–H and O–H groups in total. The van der Waals surface area contributed by atoms with Crippen LogP contribution in [-0.4, -0.2) is 28.9 Å². The molecule has 1 heterocycles. The van der Waals surface area contributed by atoms with Gasteiger partial charge in [-0.25, -0.2) is 4.98 Å². The minimum Gasteiger partial charge on any atom is -0.493 e. The first-order valence-electron chi connectivity index (χ1n) is 6.48. The summed E-state index contributed by atoms with van der Waals surface area (Å²) in [6.07, 6.45) is 0.591. The highest BCUT2D eigenvalue weighted by atomic mass is 16.5. The molecule has 1 unspecified atom stereocenters. The van der Waals surface area contributed by atoms with Crippen molar-refractivity contribution in [2.24, 2.45) is 0 Å². The highest BCUT2D eigenvalue weighted by molar-refractivity contribution is 5.43. The molecule has 0 aliphatic carbocycles. The summed E-state index contributed by atoms with van der Waals surface area (Å²) in [5, 5.41) is 10.3. The predicted octanol–water partition coefficient (Wildman–Crippen LogP) is 1.30. The maximum atomic E-state index is 11.8. The highest BCUT2D eigenvalue weighted by Crippen LogP contribution is 2.30. The maximum absolute atomic E-state index is 11.8. The Labute approximate surface area is 122 Å². The third kappa shape index (κ3) is 3.41. The normalized spacial score (nSPS) is 12.0. The first-order chi connectivity index (χ1) is 10.0. The van der Waals surface area contributed by atoms with Crippen molar-refractivity contribution >= 4 is 0 Å². The smallest absolute Gasteiger partial charge is 0.253 e. The largest absolute Gasteiger partial charge is 0.493 e. The van der Waals surface area contributed by atoms with E-state index in [0.29, 0.717) is 22.8 Å². The van der Waals surface area contributed by atoms with Crippen LogP contribution in [0.15, 0.2) is 35.4 Å². The van der Waals surface area contributed by atoms with Crippen molar-refractivity contribution in [3.63, 3.8) is 0 Å². The average molecular weight is 290 g/mol. The van der Waals surface area contributed by atoms with Crippen molar-refractivity contribution in [3.8, 4) is 11.5 Å². The zero-order chi connectivity index (χ0) is 15.4. The van der Waals surface area contributed by atoms with Gasteiger partial charge >= 0.3 is 0 Å². The van der Waals surface area contributed by atoms with Gasteiger partial charge in [0.15, 0.2) is 11.5 Å². The fourth-order valence-electron chi connectivity index (χ4n) is 2.01. The zero-order valence-electron chi connectivity index (χ0n) is 12.2. The molecule has 1 aromatic carbocycles. The summed E-state index contributed by atoms with van der Waals surface area (Å²) in [6.45, 7) is 1.87. The van der Waals surface area contributed by atoms with Crippen LogP contribution in [0.5, 0.6) is 11.5 Å². The second-order valence-corrected chi connectivity index (χ2v) is 4.65. The summed E-state index contributed by atoms with van der Waals surface area (Å²) in [6, 6.07) is 6.57. The first kappa shape index (κ1) is 15.1. The van der Waals surface area contributed by atoms with Crippen molar-refractivity contribution in [1.29, 1.82) is 0 Å². The molecule has 112 valence electrons. The van der Waals surface area contributed by atoms with Crippen LogP contribution in [-0.2, 0) is 6.54 Å². The van der Waals surface area contributed by atoms with Gasteiger partial charge in [-0.15, -0.1) is 0 Å². The molecule has 1 atom stereocenters. The lowest BCUT2D eigenvalue weighted by molar-refractivity contribution is 0.154. The first-order valence-corrected chi connectivity index (χ1v) is 6.48. The molecular weight excluding hydrogens is 272 g/mol. The quantitative estimate of drug-likeness (QED) is 0.898. The number of ether oxygens (including phenoxy) is 2. The second kappa shape index (κ2) is 6.41. The van der Waals surface area contributed by atoms with E-state index in [0.717, 1.165) is 0 Å². The molecule has 6 heteroatoms. The van der Waals surface area contributed by atoms with Crippen molar-refractivity contribution < 1.29 is 14.6 Å². The van der Waals surface area contributed by atoms with E-state index < -0.39 is 6.10 Å². The Morgan fingerprint density at radius 1 is 1.24 bits per heavy atom. The number of hydrogen-bond acceptors (Lipinski definition) is 5. The lowest BCUT2D eigenvalue weighted by Gasteiger charge is -2.15. The van der Waals surface area contributed by atoms with E-state index in [9.17, 15) is 9.90 Å². The van der Waals surface area contributed by atoms with Gasteiger partial charge in [-0.2, -0.15) is 0 Å². The van der Waals surface area contributed by atoms with E-state index in [-0.39, 0.29) is 12.1 Å². The third-order valence-corrected chi connectivity index (χ3v) is 3.18. The van der Waals surface area contributed by atoms with Gasteiger partial charge in [-0.3, -0.25) is 9.36 Å². The monoisotopic (exact) mass is 290 g/mol. The van der Waals surface area contributed by atoms with Gasteiger partial charge in [-0.1, -0.05) is 6.07 Å². The summed E-state index contributed by atoms with van der Waals surface area (Å²) < 4.78 is 11.7. The number of aliphatic hydroxyl groups excluding tert-OH is 1. The van der Waals surface area contributed by atoms with Crippen molar-refractivity contribution in [2.75, 3.05) is 14.2 Å². The highest BCUT2D eigenvalue weighted by Gasteiger charge is 2.13. The summed E-state index contributed by atoms with van der Waals surface area (Å²) in [7, 11) is 3.08. The molecule has 0 aliphatic rings. The number of nitrogens with zero attached hydrogens (tertiary/aromatic N) is 2. The number of benzene rings is 1. The SMILES string of the molecule is COc1ccc(C(O)Cn2cnc(C)cc2=O)cc1OC. The number of aromatic nitrogens is 2. The molecule has 0 aliphatic heterocycles. The molecular formula is C15H18N2O4. The minimum atomic E-state index is -0.841. The van der Waals surface area contributed by atoms with Crippen molar-refractivity contribution in [3.05, 3.63) is 52.2 Å². The lowest BCUT2D eigenvalue weighted by Crippen LogP contribution is -2.23. The van der Waals surface area contributed by atoms with Crippen LogP contribution in [0.2, 0.25) is 0 Å². The molecule has 1 aromatic heterocycles. The van der Waals surface area contributed by atoms with Gasteiger partial charge < -0.3 is 14.6 Å². The fourth-order valence-corrected chi connectivity index (χ4v) is 2.01. The number of rotatable bonds is 5. The number of hydrogen-bond donors (Lipinski definition) is 1. The van der Waals surface area contributed by atoms with E-state index in [2.05, 4.69) is 4.98 Å². The molecule has 0 radical (unpaired) electrons. The van der Waals surface area contributed by atoms with Crippen LogP contribution >= 0.6 is 0 Å². The Kier molecular flexibility index (Phi) is 4.59. The minimum absolute atomic E-state index is 0.127.